The SMILES string of the molecule is O=C(O)c1cn2c(-c3ccco3)nnc2s1. The molecule has 0 aliphatic carbocycles. The third kappa shape index (κ3) is 1.22. The van der Waals surface area contributed by atoms with Crippen molar-refractivity contribution in [1.29, 1.82) is 0 Å². The van der Waals surface area contributed by atoms with Crippen molar-refractivity contribution in [2.24, 2.45) is 0 Å². The summed E-state index contributed by atoms with van der Waals surface area (Å²) in [6.45, 7) is 0. The number of hydrogen-bond acceptors (Lipinski definition) is 5. The van der Waals surface area contributed by atoms with Gasteiger partial charge in [-0.15, -0.1) is 10.2 Å². The predicted octanol–water partition coefficient (Wildman–Crippen LogP) is 1.75. The number of fused-ring (bicyclic) bond motifs is 1. The smallest absolute Gasteiger partial charge is 0.347 e. The molecule has 0 fully saturated rings. The summed E-state index contributed by atoms with van der Waals surface area (Å²) in [7, 11) is 0. The first-order valence-electron chi connectivity index (χ1n) is 4.37. The number of aromatic nitrogens is 3. The number of nitrogens with zero attached hydrogens (tertiary/aromatic N) is 3. The van der Waals surface area contributed by atoms with Crippen molar-refractivity contribution in [3.8, 4) is 11.6 Å². The van der Waals surface area contributed by atoms with Gasteiger partial charge in [0.2, 0.25) is 10.8 Å². The Morgan fingerprint density at radius 1 is 1.50 bits per heavy atom. The summed E-state index contributed by atoms with van der Waals surface area (Å²) < 4.78 is 6.79. The number of carbonyl (C=O) groups is 1. The molecule has 16 heavy (non-hydrogen) atoms. The zero-order valence-electron chi connectivity index (χ0n) is 7.82. The fourth-order valence-corrected chi connectivity index (χ4v) is 2.14. The average Bonchev–Trinajstić information content (AvgIpc) is 2.92. The largest absolute Gasteiger partial charge is 0.477 e. The topological polar surface area (TPSA) is 80.6 Å². The molecule has 0 unspecified atom stereocenters. The maximum Gasteiger partial charge on any atom is 0.347 e. The standard InChI is InChI=1S/C9H5N3O3S/c13-8(14)6-4-12-7(5-2-1-3-15-5)10-11-9(12)16-6/h1-4H,(H,13,14). The minimum Gasteiger partial charge on any atom is -0.477 e. The van der Waals surface area contributed by atoms with Crippen molar-refractivity contribution in [2.45, 2.75) is 0 Å². The molecule has 7 heteroatoms. The van der Waals surface area contributed by atoms with Crippen LogP contribution in [0.5, 0.6) is 0 Å². The molecule has 0 saturated heterocycles. The van der Waals surface area contributed by atoms with E-state index in [4.69, 9.17) is 9.52 Å². The second-order valence-corrected chi connectivity index (χ2v) is 4.06. The number of furan rings is 1. The highest BCUT2D eigenvalue weighted by Crippen LogP contribution is 2.23. The number of hydrogen-bond donors (Lipinski definition) is 1. The van der Waals surface area contributed by atoms with Gasteiger partial charge >= 0.3 is 5.97 Å². The molecule has 3 aromatic heterocycles. The lowest BCUT2D eigenvalue weighted by Crippen LogP contribution is -1.92. The zero-order valence-corrected chi connectivity index (χ0v) is 8.64. The van der Waals surface area contributed by atoms with E-state index in [9.17, 15) is 4.79 Å². The van der Waals surface area contributed by atoms with E-state index in [0.29, 0.717) is 16.5 Å². The molecule has 0 saturated carbocycles. The molecule has 0 aliphatic heterocycles. The number of carboxylic acid groups (broad SMARTS) is 1. The molecule has 3 rings (SSSR count). The van der Waals surface area contributed by atoms with Gasteiger partial charge in [0.15, 0.2) is 5.76 Å². The maximum absolute atomic E-state index is 10.8. The van der Waals surface area contributed by atoms with Crippen LogP contribution in [0.1, 0.15) is 9.67 Å². The summed E-state index contributed by atoms with van der Waals surface area (Å²) >= 11 is 1.07. The van der Waals surface area contributed by atoms with E-state index in [1.54, 1.807) is 16.5 Å². The quantitative estimate of drug-likeness (QED) is 0.731. The predicted molar refractivity (Wildman–Crippen MR) is 55.5 cm³/mol. The van der Waals surface area contributed by atoms with Crippen molar-refractivity contribution >= 4 is 22.3 Å². The van der Waals surface area contributed by atoms with E-state index in [2.05, 4.69) is 10.2 Å². The van der Waals surface area contributed by atoms with Crippen molar-refractivity contribution < 1.29 is 14.3 Å². The molecule has 3 aromatic rings. The molecule has 0 spiro atoms. The molecule has 0 aromatic carbocycles. The molecule has 0 bridgehead atoms. The Labute approximate surface area is 92.8 Å². The molecule has 0 atom stereocenters. The Morgan fingerprint density at radius 3 is 3.06 bits per heavy atom. The van der Waals surface area contributed by atoms with Gasteiger partial charge in [-0.05, 0) is 12.1 Å². The first-order valence-corrected chi connectivity index (χ1v) is 5.19. The van der Waals surface area contributed by atoms with Gasteiger partial charge in [-0.25, -0.2) is 4.79 Å². The average molecular weight is 235 g/mol. The van der Waals surface area contributed by atoms with E-state index in [1.807, 2.05) is 0 Å². The van der Waals surface area contributed by atoms with E-state index in [-0.39, 0.29) is 4.88 Å². The summed E-state index contributed by atoms with van der Waals surface area (Å²) in [5.41, 5.74) is 0. The van der Waals surface area contributed by atoms with Crippen molar-refractivity contribution in [2.75, 3.05) is 0 Å². The third-order valence-corrected chi connectivity index (χ3v) is 3.03. The van der Waals surface area contributed by atoms with Crippen LogP contribution in [0.4, 0.5) is 0 Å². The minimum absolute atomic E-state index is 0.220. The maximum atomic E-state index is 10.8. The van der Waals surface area contributed by atoms with E-state index < -0.39 is 5.97 Å². The summed E-state index contributed by atoms with van der Waals surface area (Å²) in [6.07, 6.45) is 3.01. The second-order valence-electron chi connectivity index (χ2n) is 3.05. The first kappa shape index (κ1) is 9.10. The van der Waals surface area contributed by atoms with Crippen LogP contribution in [0.3, 0.4) is 0 Å². The van der Waals surface area contributed by atoms with Crippen LogP contribution in [0.2, 0.25) is 0 Å². The highest BCUT2D eigenvalue weighted by Gasteiger charge is 2.16. The van der Waals surface area contributed by atoms with Crippen LogP contribution in [-0.4, -0.2) is 25.7 Å². The molecule has 0 amide bonds. The Bertz CT molecular complexity index is 653. The third-order valence-electron chi connectivity index (χ3n) is 2.06. The Kier molecular flexibility index (Phi) is 1.80. The van der Waals surface area contributed by atoms with Gasteiger partial charge in [0.1, 0.15) is 4.88 Å². The van der Waals surface area contributed by atoms with Crippen LogP contribution in [-0.2, 0) is 0 Å². The Balaban J connectivity index is 2.23. The number of carboxylic acids is 1. The molecule has 0 aliphatic rings. The second kappa shape index (κ2) is 3.17. The molecule has 0 radical (unpaired) electrons. The van der Waals surface area contributed by atoms with Gasteiger partial charge in [-0.2, -0.15) is 0 Å². The normalized spacial score (nSPS) is 11.0. The van der Waals surface area contributed by atoms with Crippen molar-refractivity contribution in [3.63, 3.8) is 0 Å². The van der Waals surface area contributed by atoms with Gasteiger partial charge in [0.25, 0.3) is 0 Å². The molecule has 80 valence electrons. The number of rotatable bonds is 2. The number of thiazole rings is 1. The molecular weight excluding hydrogens is 230 g/mol. The van der Waals surface area contributed by atoms with Crippen LogP contribution < -0.4 is 0 Å². The van der Waals surface area contributed by atoms with E-state index in [1.165, 1.54) is 12.5 Å². The van der Waals surface area contributed by atoms with E-state index in [0.717, 1.165) is 11.3 Å². The summed E-state index contributed by atoms with van der Waals surface area (Å²) in [5, 5.41) is 16.7. The van der Waals surface area contributed by atoms with Crippen LogP contribution in [0, 0.1) is 0 Å². The fourth-order valence-electron chi connectivity index (χ4n) is 1.38. The number of aromatic carboxylic acids is 1. The lowest BCUT2D eigenvalue weighted by molar-refractivity contribution is 0.0702. The Morgan fingerprint density at radius 2 is 2.38 bits per heavy atom. The van der Waals surface area contributed by atoms with Crippen molar-refractivity contribution in [3.05, 3.63) is 29.5 Å². The van der Waals surface area contributed by atoms with Crippen LogP contribution >= 0.6 is 11.3 Å². The van der Waals surface area contributed by atoms with Crippen molar-refractivity contribution in [1.82, 2.24) is 14.6 Å². The minimum atomic E-state index is -0.971. The zero-order chi connectivity index (χ0) is 11.1. The summed E-state index contributed by atoms with van der Waals surface area (Å²) in [6, 6.07) is 3.48. The van der Waals surface area contributed by atoms with Gasteiger partial charge in [0, 0.05) is 6.20 Å². The lowest BCUT2D eigenvalue weighted by atomic mass is 10.4. The fraction of sp³-hybridized carbons (Fsp3) is 0. The Hall–Kier alpha value is -2.15. The lowest BCUT2D eigenvalue weighted by Gasteiger charge is -1.89. The van der Waals surface area contributed by atoms with Crippen LogP contribution in [0.15, 0.2) is 29.0 Å². The highest BCUT2D eigenvalue weighted by atomic mass is 32.1. The molecule has 3 heterocycles. The monoisotopic (exact) mass is 235 g/mol. The molecule has 1 N–H and O–H groups in total. The molecular formula is C9H5N3O3S. The summed E-state index contributed by atoms with van der Waals surface area (Å²) in [4.78, 5) is 11.5. The van der Waals surface area contributed by atoms with Gasteiger partial charge in [-0.1, -0.05) is 11.3 Å². The first-order chi connectivity index (χ1) is 7.75. The van der Waals surface area contributed by atoms with E-state index >= 15 is 0 Å². The van der Waals surface area contributed by atoms with Gasteiger partial charge in [0.05, 0.1) is 6.26 Å². The van der Waals surface area contributed by atoms with Gasteiger partial charge in [-0.3, -0.25) is 4.40 Å². The molecule has 6 nitrogen and oxygen atoms in total. The highest BCUT2D eigenvalue weighted by molar-refractivity contribution is 7.18. The van der Waals surface area contributed by atoms with Crippen LogP contribution in [0.25, 0.3) is 16.5 Å². The summed E-state index contributed by atoms with van der Waals surface area (Å²) in [5.74, 6) is 0.0897. The van der Waals surface area contributed by atoms with Gasteiger partial charge < -0.3 is 9.52 Å².